The summed E-state index contributed by atoms with van der Waals surface area (Å²) in [5.41, 5.74) is -36.2. The molecule has 0 aliphatic heterocycles. The summed E-state index contributed by atoms with van der Waals surface area (Å²) < 4.78 is 410. The third-order valence-electron chi connectivity index (χ3n) is 15.1. The van der Waals surface area contributed by atoms with E-state index < -0.39 is 320 Å². The molecule has 0 unspecified atom stereocenters. The van der Waals surface area contributed by atoms with Crippen molar-refractivity contribution in [3.05, 3.63) is 238 Å². The zero-order chi connectivity index (χ0) is 77.5. The second-order valence-electron chi connectivity index (χ2n) is 20.8. The molecule has 4 aliphatic rings. The van der Waals surface area contributed by atoms with Crippen LogP contribution in [0.2, 0.25) is 0 Å². The summed E-state index contributed by atoms with van der Waals surface area (Å²) in [4.78, 5) is 8.36. The van der Waals surface area contributed by atoms with E-state index in [0.717, 1.165) is 18.2 Å². The van der Waals surface area contributed by atoms with Crippen molar-refractivity contribution in [3.63, 3.8) is 0 Å². The summed E-state index contributed by atoms with van der Waals surface area (Å²) in [5.74, 6) is -39.3. The van der Waals surface area contributed by atoms with Gasteiger partial charge in [-0.2, -0.15) is 47.4 Å². The third-order valence-corrected chi connectivity index (χ3v) is 16.9. The maximum atomic E-state index is 15.0. The van der Waals surface area contributed by atoms with E-state index in [1.807, 2.05) is 0 Å². The van der Waals surface area contributed by atoms with Gasteiger partial charge in [-0.05, 0) is 92.4 Å². The highest BCUT2D eigenvalue weighted by Crippen LogP contribution is 2.48. The predicted molar refractivity (Wildman–Crippen MR) is 300 cm³/mol. The van der Waals surface area contributed by atoms with Crippen molar-refractivity contribution in [2.24, 2.45) is 0 Å². The summed E-state index contributed by atoms with van der Waals surface area (Å²) in [6.45, 7) is 28.3. The van der Waals surface area contributed by atoms with Crippen molar-refractivity contribution < 1.29 is 132 Å². The first-order valence-corrected chi connectivity index (χ1v) is 28.4. The summed E-state index contributed by atoms with van der Waals surface area (Å²) >= 11 is -1.90. The first-order valence-electron chi connectivity index (χ1n) is 26.7. The summed E-state index contributed by atoms with van der Waals surface area (Å²) in [6, 6.07) is 4.10. The molecular formula is C64H12F28N8O2S2. The number of nitriles is 4. The van der Waals surface area contributed by atoms with Crippen LogP contribution < -0.4 is 30.3 Å². The predicted octanol–water partition coefficient (Wildman–Crippen LogP) is 17.4. The van der Waals surface area contributed by atoms with Gasteiger partial charge in [0.2, 0.25) is 11.4 Å². The van der Waals surface area contributed by atoms with Crippen LogP contribution >= 0.6 is 23.5 Å². The van der Waals surface area contributed by atoms with Gasteiger partial charge in [-0.25, -0.2) is 89.6 Å². The minimum Gasteiger partial charge on any atom is -0.405 e. The molecule has 0 fully saturated rings. The van der Waals surface area contributed by atoms with Gasteiger partial charge in [0, 0.05) is 44.2 Å². The van der Waals surface area contributed by atoms with Crippen molar-refractivity contribution in [2.45, 2.75) is 59.2 Å². The molecule has 0 saturated heterocycles. The number of hydrogen-bond acceptors (Lipinski definition) is 8. The van der Waals surface area contributed by atoms with Crippen molar-refractivity contribution in [2.75, 3.05) is 0 Å². The molecule has 0 saturated carbocycles. The van der Waals surface area contributed by atoms with Crippen LogP contribution in [0.5, 0.6) is 11.5 Å². The van der Waals surface area contributed by atoms with Gasteiger partial charge in [0.05, 0.1) is 59.7 Å². The smallest absolute Gasteiger partial charge is 0.405 e. The number of allylic oxidation sites excluding steroid dienone is 6. The molecule has 528 valence electrons. The van der Waals surface area contributed by atoms with Crippen LogP contribution in [0.1, 0.15) is 55.6 Å². The van der Waals surface area contributed by atoms with Gasteiger partial charge in [0.25, 0.3) is 11.4 Å². The minimum absolute atomic E-state index is 0.427. The molecule has 0 bridgehead atoms. The van der Waals surface area contributed by atoms with E-state index in [2.05, 4.69) is 28.9 Å². The number of alkyl halides is 12. The Kier molecular flexibility index (Phi) is 20.1. The third kappa shape index (κ3) is 13.3. The molecule has 4 aliphatic carbocycles. The maximum Gasteiger partial charge on any atom is 0.573 e. The number of nitrogens with zero attached hydrogens (tertiary/aromatic N) is 8. The van der Waals surface area contributed by atoms with Crippen molar-refractivity contribution in [1.29, 1.82) is 21.0 Å². The Morgan fingerprint density at radius 1 is 0.356 bits per heavy atom. The van der Waals surface area contributed by atoms with Gasteiger partial charge >= 0.3 is 23.7 Å². The lowest BCUT2D eigenvalue weighted by Crippen LogP contribution is -2.30. The first-order chi connectivity index (χ1) is 48.4. The van der Waals surface area contributed by atoms with E-state index in [4.69, 9.17) is 36.8 Å². The molecule has 0 amide bonds. The van der Waals surface area contributed by atoms with Crippen LogP contribution in [0.15, 0.2) is 32.1 Å². The second kappa shape index (κ2) is 27.4. The van der Waals surface area contributed by atoms with E-state index in [9.17, 15) is 133 Å². The van der Waals surface area contributed by atoms with Crippen molar-refractivity contribution >= 4 is 81.7 Å². The largest absolute Gasteiger partial charge is 0.573 e. The van der Waals surface area contributed by atoms with Crippen LogP contribution in [0.25, 0.3) is 66.2 Å². The highest BCUT2D eigenvalue weighted by molar-refractivity contribution is 8.00. The normalized spacial score (nSPS) is 15.3. The Morgan fingerprint density at radius 3 is 0.885 bits per heavy atom. The second-order valence-corrected chi connectivity index (χ2v) is 22.9. The van der Waals surface area contributed by atoms with Gasteiger partial charge < -0.3 is 9.47 Å². The molecule has 0 spiro atoms. The van der Waals surface area contributed by atoms with Crippen LogP contribution in [0.3, 0.4) is 0 Å². The lowest BCUT2D eigenvalue weighted by Gasteiger charge is -2.18. The molecule has 10 nitrogen and oxygen atoms in total. The van der Waals surface area contributed by atoms with Crippen molar-refractivity contribution in [3.8, 4) is 35.8 Å². The monoisotopic (exact) mass is 1520 g/mol. The zero-order valence-electron chi connectivity index (χ0n) is 48.9. The molecule has 40 heteroatoms. The van der Waals surface area contributed by atoms with Gasteiger partial charge in [0.15, 0.2) is 69.8 Å². The standard InChI is InChI=1S/C32H6F14N4O2.C32H6F14N4S2/c2*1-49-27(18-23(37)25(39)28(50-2)26(40)24(18)38)10-5-13-14(6-10)30(52-32(44,45)46)12-4-9(3-11(12)29(13)51-31(41,42)43)15(7-47)17-21(35)19(33)16(8-48)20(34)22(17)36/h2*3,6H,4-5H2/b2*15-9-,27-10-. The van der Waals surface area contributed by atoms with Gasteiger partial charge in [-0.3, -0.25) is 0 Å². The number of hydrogen-bond donors (Lipinski definition) is 0. The Morgan fingerprint density at radius 2 is 0.615 bits per heavy atom. The summed E-state index contributed by atoms with van der Waals surface area (Å²) in [7, 11) is 0. The molecule has 6 aromatic carbocycles. The number of halogens is 28. The molecule has 104 heavy (non-hydrogen) atoms. The lowest BCUT2D eigenvalue weighted by molar-refractivity contribution is -0.277. The van der Waals surface area contributed by atoms with E-state index in [-0.39, 0.29) is 0 Å². The van der Waals surface area contributed by atoms with E-state index in [1.165, 1.54) is 6.07 Å². The average molecular weight is 1520 g/mol. The number of benzene rings is 6. The molecule has 6 aromatic rings. The SMILES string of the molecule is [C-]#[N+]/C(=C1\C=c2c(c(OC(F)(F)F)c3c(c2OC(F)(F)F)C/C(=C(/C#N)c2c(F)c(F)c(C#N)c(F)c2F)C=3)C1)c1c(F)c(F)c([N+]#[C-])c(F)c1F.[C-]#[N+]/C(=C1\C=c2c(c(SC(F)(F)F)c3c(c2SC(F)(F)F)C/C(=C(/C#N)c2c(F)c(F)c(C#N)c(F)c2F)C=3)C1)c1c(F)c(F)c([N+]#[C-])c(F)c1F. The van der Waals surface area contributed by atoms with Crippen LogP contribution in [0, 0.1) is 165 Å². The molecule has 0 radical (unpaired) electrons. The number of fused-ring (bicyclic) bond motifs is 4. The molecule has 0 N–H and O–H groups in total. The van der Waals surface area contributed by atoms with Gasteiger partial charge in [-0.1, -0.05) is 12.2 Å². The fourth-order valence-electron chi connectivity index (χ4n) is 11.1. The lowest BCUT2D eigenvalue weighted by atomic mass is 9.96. The van der Waals surface area contributed by atoms with Gasteiger partial charge in [0.1, 0.15) is 70.2 Å². The Labute approximate surface area is 565 Å². The maximum absolute atomic E-state index is 15.0. The Hall–Kier alpha value is -12.0. The highest BCUT2D eigenvalue weighted by atomic mass is 32.2. The minimum atomic E-state index is -5.70. The van der Waals surface area contributed by atoms with E-state index in [0.29, 0.717) is 24.3 Å². The van der Waals surface area contributed by atoms with Crippen LogP contribution in [-0.4, -0.2) is 23.7 Å². The quantitative estimate of drug-likeness (QED) is 0.0484. The van der Waals surface area contributed by atoms with Crippen molar-refractivity contribution in [1.82, 2.24) is 0 Å². The molecule has 0 atom stereocenters. The average Bonchev–Trinajstić information content (AvgIpc) is 1.56. The van der Waals surface area contributed by atoms with E-state index >= 15 is 0 Å². The van der Waals surface area contributed by atoms with Gasteiger partial charge in [-0.15, -0.1) is 26.3 Å². The van der Waals surface area contributed by atoms with E-state index in [1.54, 1.807) is 0 Å². The molecule has 0 heterocycles. The number of thioether (sulfide) groups is 2. The fraction of sp³-hybridized carbons (Fsp3) is 0.125. The Bertz CT molecular complexity index is 4930. The molecular weight excluding hydrogens is 1510 g/mol. The Balaban J connectivity index is 0.000000241. The first kappa shape index (κ1) is 76.2. The number of rotatable bonds is 8. The number of ether oxygens (including phenoxy) is 2. The topological polar surface area (TPSA) is 131 Å². The summed E-state index contributed by atoms with van der Waals surface area (Å²) in [6.07, 6.45) is -13.8. The zero-order valence-corrected chi connectivity index (χ0v) is 50.6. The molecule has 10 rings (SSSR count). The van der Waals surface area contributed by atoms with Crippen LogP contribution in [0.4, 0.5) is 134 Å². The molecule has 0 aromatic heterocycles. The highest BCUT2D eigenvalue weighted by Gasteiger charge is 2.44. The van der Waals surface area contributed by atoms with Crippen LogP contribution in [-0.2, 0) is 25.7 Å². The fourth-order valence-corrected chi connectivity index (χ4v) is 12.8. The summed E-state index contributed by atoms with van der Waals surface area (Å²) in [5, 5.41) is 33.7.